The van der Waals surface area contributed by atoms with Crippen LogP contribution in [0.15, 0.2) is 48.5 Å². The highest BCUT2D eigenvalue weighted by molar-refractivity contribution is 5.42. The Labute approximate surface area is 126 Å². The fourth-order valence-corrected chi connectivity index (χ4v) is 3.00. The number of hydrogen-bond acceptors (Lipinski definition) is 3. The van der Waals surface area contributed by atoms with E-state index in [9.17, 15) is 0 Å². The van der Waals surface area contributed by atoms with Gasteiger partial charge in [0.15, 0.2) is 0 Å². The molecule has 2 aromatic rings. The zero-order valence-electron chi connectivity index (χ0n) is 12.4. The summed E-state index contributed by atoms with van der Waals surface area (Å²) >= 11 is 0. The summed E-state index contributed by atoms with van der Waals surface area (Å²) in [7, 11) is 1.69. The Morgan fingerprint density at radius 2 is 1.95 bits per heavy atom. The minimum absolute atomic E-state index is 0.0545. The van der Waals surface area contributed by atoms with Crippen molar-refractivity contribution < 1.29 is 4.74 Å². The third-order valence-electron chi connectivity index (χ3n) is 4.44. The van der Waals surface area contributed by atoms with Crippen molar-refractivity contribution in [2.45, 2.75) is 31.2 Å². The van der Waals surface area contributed by atoms with Crippen molar-refractivity contribution in [2.24, 2.45) is 5.84 Å². The summed E-state index contributed by atoms with van der Waals surface area (Å²) in [6.45, 7) is 0. The van der Waals surface area contributed by atoms with E-state index in [0.717, 1.165) is 17.2 Å². The molecule has 0 saturated heterocycles. The maximum absolute atomic E-state index is 5.83. The third-order valence-corrected chi connectivity index (χ3v) is 4.44. The van der Waals surface area contributed by atoms with Crippen LogP contribution in [0.4, 0.5) is 0 Å². The van der Waals surface area contributed by atoms with E-state index in [4.69, 9.17) is 10.6 Å². The predicted octanol–water partition coefficient (Wildman–Crippen LogP) is 3.52. The first-order valence-corrected chi connectivity index (χ1v) is 7.52. The molecule has 0 spiro atoms. The van der Waals surface area contributed by atoms with E-state index in [0.29, 0.717) is 0 Å². The highest BCUT2D eigenvalue weighted by atomic mass is 16.5. The molecule has 0 heterocycles. The van der Waals surface area contributed by atoms with Gasteiger partial charge in [0.2, 0.25) is 0 Å². The molecule has 1 aliphatic carbocycles. The molecule has 0 aromatic heterocycles. The lowest BCUT2D eigenvalue weighted by Crippen LogP contribution is -2.29. The standard InChI is InChI=1S/C18H22N2O/c1-21-17-11-3-2-10-16(17)18(20-19)15-9-5-8-14(12-15)13-6-4-7-13/h2-3,5,8-13,18,20H,4,6-7,19H2,1H3. The molecule has 3 nitrogen and oxygen atoms in total. The van der Waals surface area contributed by atoms with E-state index >= 15 is 0 Å². The Bertz CT molecular complexity index is 608. The van der Waals surface area contributed by atoms with Gasteiger partial charge >= 0.3 is 0 Å². The predicted molar refractivity (Wildman–Crippen MR) is 85.2 cm³/mol. The van der Waals surface area contributed by atoms with Gasteiger partial charge in [0.25, 0.3) is 0 Å². The summed E-state index contributed by atoms with van der Waals surface area (Å²) in [6, 6.07) is 16.7. The molecule has 21 heavy (non-hydrogen) atoms. The summed E-state index contributed by atoms with van der Waals surface area (Å²) in [5.74, 6) is 7.41. The molecule has 0 amide bonds. The van der Waals surface area contributed by atoms with Gasteiger partial charge in [-0.25, -0.2) is 5.43 Å². The zero-order valence-corrected chi connectivity index (χ0v) is 12.4. The second kappa shape index (κ2) is 6.29. The van der Waals surface area contributed by atoms with E-state index in [1.54, 1.807) is 7.11 Å². The lowest BCUT2D eigenvalue weighted by molar-refractivity contribution is 0.404. The first kappa shape index (κ1) is 14.1. The van der Waals surface area contributed by atoms with Crippen molar-refractivity contribution in [3.05, 3.63) is 65.2 Å². The van der Waals surface area contributed by atoms with Crippen molar-refractivity contribution in [3.8, 4) is 5.75 Å². The number of rotatable bonds is 5. The SMILES string of the molecule is COc1ccccc1C(NN)c1cccc(C2CCC2)c1. The molecule has 1 saturated carbocycles. The van der Waals surface area contributed by atoms with Crippen LogP contribution in [-0.4, -0.2) is 7.11 Å². The van der Waals surface area contributed by atoms with E-state index in [2.05, 4.69) is 35.8 Å². The topological polar surface area (TPSA) is 47.3 Å². The Balaban J connectivity index is 1.95. The van der Waals surface area contributed by atoms with Crippen LogP contribution < -0.4 is 16.0 Å². The summed E-state index contributed by atoms with van der Waals surface area (Å²) in [5, 5.41) is 0. The van der Waals surface area contributed by atoms with E-state index in [-0.39, 0.29) is 6.04 Å². The highest BCUT2D eigenvalue weighted by Gasteiger charge is 2.22. The van der Waals surface area contributed by atoms with Crippen molar-refractivity contribution in [3.63, 3.8) is 0 Å². The first-order chi connectivity index (χ1) is 10.3. The van der Waals surface area contributed by atoms with Gasteiger partial charge in [-0.15, -0.1) is 0 Å². The van der Waals surface area contributed by atoms with Crippen molar-refractivity contribution in [1.82, 2.24) is 5.43 Å². The number of hydrazine groups is 1. The molecule has 3 rings (SSSR count). The third kappa shape index (κ3) is 2.80. The quantitative estimate of drug-likeness (QED) is 0.651. The molecule has 3 heteroatoms. The average Bonchev–Trinajstić information content (AvgIpc) is 2.47. The maximum Gasteiger partial charge on any atom is 0.124 e. The second-order valence-electron chi connectivity index (χ2n) is 5.64. The molecule has 1 fully saturated rings. The number of ether oxygens (including phenoxy) is 1. The van der Waals surface area contributed by atoms with Crippen LogP contribution in [0.5, 0.6) is 5.75 Å². The molecule has 0 aliphatic heterocycles. The van der Waals surface area contributed by atoms with Gasteiger partial charge in [-0.05, 0) is 36.0 Å². The molecule has 110 valence electrons. The van der Waals surface area contributed by atoms with Gasteiger partial charge in [-0.2, -0.15) is 0 Å². The van der Waals surface area contributed by atoms with Crippen LogP contribution in [0.3, 0.4) is 0 Å². The molecule has 1 atom stereocenters. The molecule has 1 aliphatic rings. The summed E-state index contributed by atoms with van der Waals surface area (Å²) in [6.07, 6.45) is 3.96. The fourth-order valence-electron chi connectivity index (χ4n) is 3.00. The number of hydrogen-bond donors (Lipinski definition) is 2. The lowest BCUT2D eigenvalue weighted by atomic mass is 9.79. The largest absolute Gasteiger partial charge is 0.496 e. The van der Waals surface area contributed by atoms with Crippen molar-refractivity contribution in [2.75, 3.05) is 7.11 Å². The highest BCUT2D eigenvalue weighted by Crippen LogP contribution is 2.38. The smallest absolute Gasteiger partial charge is 0.124 e. The van der Waals surface area contributed by atoms with Crippen LogP contribution in [-0.2, 0) is 0 Å². The van der Waals surface area contributed by atoms with Crippen LogP contribution >= 0.6 is 0 Å². The average molecular weight is 282 g/mol. The van der Waals surface area contributed by atoms with Crippen LogP contribution in [0.1, 0.15) is 47.9 Å². The van der Waals surface area contributed by atoms with Gasteiger partial charge in [-0.1, -0.05) is 48.9 Å². The van der Waals surface area contributed by atoms with Crippen LogP contribution in [0.25, 0.3) is 0 Å². The Morgan fingerprint density at radius 3 is 2.62 bits per heavy atom. The fraction of sp³-hybridized carbons (Fsp3) is 0.333. The minimum Gasteiger partial charge on any atom is -0.496 e. The van der Waals surface area contributed by atoms with Gasteiger partial charge in [-0.3, -0.25) is 5.84 Å². The molecule has 1 unspecified atom stereocenters. The van der Waals surface area contributed by atoms with Crippen LogP contribution in [0, 0.1) is 0 Å². The number of benzene rings is 2. The normalized spacial score (nSPS) is 16.3. The number of methoxy groups -OCH3 is 1. The van der Waals surface area contributed by atoms with Crippen molar-refractivity contribution in [1.29, 1.82) is 0 Å². The number of nitrogens with one attached hydrogen (secondary N) is 1. The minimum atomic E-state index is -0.0545. The van der Waals surface area contributed by atoms with Gasteiger partial charge in [0, 0.05) is 5.56 Å². The lowest BCUT2D eigenvalue weighted by Gasteiger charge is -2.27. The zero-order chi connectivity index (χ0) is 14.7. The van der Waals surface area contributed by atoms with E-state index in [1.165, 1.54) is 30.4 Å². The summed E-state index contributed by atoms with van der Waals surface area (Å²) in [5.41, 5.74) is 6.61. The molecule has 0 radical (unpaired) electrons. The Hall–Kier alpha value is -1.84. The molecule has 0 bridgehead atoms. The first-order valence-electron chi connectivity index (χ1n) is 7.52. The Kier molecular flexibility index (Phi) is 4.23. The van der Waals surface area contributed by atoms with Gasteiger partial charge in [0.05, 0.1) is 13.2 Å². The van der Waals surface area contributed by atoms with E-state index < -0.39 is 0 Å². The van der Waals surface area contributed by atoms with E-state index in [1.807, 2.05) is 18.2 Å². The maximum atomic E-state index is 5.83. The molecule has 3 N–H and O–H groups in total. The number of para-hydroxylation sites is 1. The molecular formula is C18H22N2O. The molecular weight excluding hydrogens is 260 g/mol. The van der Waals surface area contributed by atoms with Crippen LogP contribution in [0.2, 0.25) is 0 Å². The molecule has 2 aromatic carbocycles. The van der Waals surface area contributed by atoms with Gasteiger partial charge < -0.3 is 4.74 Å². The van der Waals surface area contributed by atoms with Gasteiger partial charge in [0.1, 0.15) is 5.75 Å². The summed E-state index contributed by atoms with van der Waals surface area (Å²) < 4.78 is 5.46. The number of nitrogens with two attached hydrogens (primary N) is 1. The second-order valence-corrected chi connectivity index (χ2v) is 5.64. The summed E-state index contributed by atoms with van der Waals surface area (Å²) in [4.78, 5) is 0. The Morgan fingerprint density at radius 1 is 1.14 bits per heavy atom. The van der Waals surface area contributed by atoms with Crippen molar-refractivity contribution >= 4 is 0 Å². The monoisotopic (exact) mass is 282 g/mol.